The van der Waals surface area contributed by atoms with Crippen molar-refractivity contribution < 1.29 is 8.78 Å². The Bertz CT molecular complexity index is 509. The molecule has 0 unspecified atom stereocenters. The van der Waals surface area contributed by atoms with Crippen LogP contribution < -0.4 is 0 Å². The van der Waals surface area contributed by atoms with Gasteiger partial charge in [-0.05, 0) is 74.0 Å². The van der Waals surface area contributed by atoms with Gasteiger partial charge in [-0.25, -0.2) is 0 Å². The quantitative estimate of drug-likeness (QED) is 0.148. The second-order valence-electron chi connectivity index (χ2n) is 13.9. The Hall–Kier alpha value is -0.140. The molecule has 37 heavy (non-hydrogen) atoms. The first-order valence-electron chi connectivity index (χ1n) is 17.4. The van der Waals surface area contributed by atoms with E-state index in [-0.39, 0.29) is 13.3 Å². The predicted octanol–water partition coefficient (Wildman–Crippen LogP) is 12.2. The van der Waals surface area contributed by atoms with Crippen LogP contribution in [-0.4, -0.2) is 13.3 Å². The molecule has 0 aromatic rings. The minimum Gasteiger partial charge on any atom is -0.251 e. The molecule has 0 aromatic carbocycles. The number of alkyl halides is 2. The monoisotopic (exact) mass is 522 g/mol. The molecule has 0 radical (unpaired) electrons. The second kappa shape index (κ2) is 19.8. The van der Waals surface area contributed by atoms with E-state index in [0.717, 1.165) is 61.2 Å². The van der Waals surface area contributed by atoms with Crippen LogP contribution in [0.5, 0.6) is 0 Å². The van der Waals surface area contributed by atoms with Crippen LogP contribution in [0, 0.1) is 35.5 Å². The predicted molar refractivity (Wildman–Crippen MR) is 158 cm³/mol. The molecular formula is C35H64F2. The Labute approximate surface area is 230 Å². The van der Waals surface area contributed by atoms with E-state index in [9.17, 15) is 8.78 Å². The van der Waals surface area contributed by atoms with E-state index in [1.54, 1.807) is 0 Å². The third-order valence-electron chi connectivity index (χ3n) is 11.1. The summed E-state index contributed by atoms with van der Waals surface area (Å²) in [7, 11) is 0. The smallest absolute Gasteiger partial charge is 0.0894 e. The van der Waals surface area contributed by atoms with Gasteiger partial charge in [-0.3, -0.25) is 8.78 Å². The first-order chi connectivity index (χ1) is 18.3. The average Bonchev–Trinajstić information content (AvgIpc) is 2.95. The Kier molecular flexibility index (Phi) is 16.8. The summed E-state index contributed by atoms with van der Waals surface area (Å²) in [6.45, 7) is -0.250. The van der Waals surface area contributed by atoms with Crippen molar-refractivity contribution in [1.29, 1.82) is 0 Å². The maximum absolute atomic E-state index is 12.3. The van der Waals surface area contributed by atoms with Crippen molar-refractivity contribution in [1.82, 2.24) is 0 Å². The van der Waals surface area contributed by atoms with E-state index in [1.807, 2.05) is 0 Å². The molecule has 218 valence electrons. The molecule has 0 saturated heterocycles. The molecule has 0 aromatic heterocycles. The molecule has 3 fully saturated rings. The molecule has 3 aliphatic rings. The van der Waals surface area contributed by atoms with E-state index >= 15 is 0 Å². The van der Waals surface area contributed by atoms with E-state index in [4.69, 9.17) is 0 Å². The van der Waals surface area contributed by atoms with Gasteiger partial charge in [0, 0.05) is 0 Å². The highest BCUT2D eigenvalue weighted by molar-refractivity contribution is 4.83. The topological polar surface area (TPSA) is 0 Å². The molecule has 0 nitrogen and oxygen atoms in total. The maximum Gasteiger partial charge on any atom is 0.0894 e. The van der Waals surface area contributed by atoms with Gasteiger partial charge in [-0.15, -0.1) is 0 Å². The SMILES string of the molecule is FCCCCCCCCCCC1CCC(CCC2CCC(C3CCC(CCCCCF)CC3)CC2)CC1. The summed E-state index contributed by atoms with van der Waals surface area (Å²) in [6, 6.07) is 0. The number of rotatable bonds is 19. The summed E-state index contributed by atoms with van der Waals surface area (Å²) in [5, 5.41) is 0. The lowest BCUT2D eigenvalue weighted by molar-refractivity contribution is 0.135. The molecule has 0 heterocycles. The number of hydrogen-bond acceptors (Lipinski definition) is 0. The second-order valence-corrected chi connectivity index (χ2v) is 13.9. The first-order valence-corrected chi connectivity index (χ1v) is 17.4. The van der Waals surface area contributed by atoms with E-state index in [1.165, 1.54) is 148 Å². The fourth-order valence-electron chi connectivity index (χ4n) is 8.47. The Morgan fingerprint density at radius 1 is 0.297 bits per heavy atom. The summed E-state index contributed by atoms with van der Waals surface area (Å²) < 4.78 is 24.4. The third-order valence-corrected chi connectivity index (χ3v) is 11.1. The van der Waals surface area contributed by atoms with Gasteiger partial charge in [0.1, 0.15) is 0 Å². The minimum absolute atomic E-state index is 0.122. The summed E-state index contributed by atoms with van der Waals surface area (Å²) in [6.07, 6.45) is 37.2. The number of halogens is 2. The maximum atomic E-state index is 12.3. The highest BCUT2D eigenvalue weighted by Crippen LogP contribution is 2.44. The van der Waals surface area contributed by atoms with Crippen molar-refractivity contribution in [3.63, 3.8) is 0 Å². The lowest BCUT2D eigenvalue weighted by Gasteiger charge is -2.38. The van der Waals surface area contributed by atoms with E-state index in [2.05, 4.69) is 0 Å². The van der Waals surface area contributed by atoms with Crippen molar-refractivity contribution in [2.24, 2.45) is 35.5 Å². The molecule has 0 spiro atoms. The molecule has 0 bridgehead atoms. The molecule has 3 rings (SSSR count). The van der Waals surface area contributed by atoms with Crippen LogP contribution in [0.25, 0.3) is 0 Å². The summed E-state index contributed by atoms with van der Waals surface area (Å²) in [4.78, 5) is 0. The summed E-state index contributed by atoms with van der Waals surface area (Å²) >= 11 is 0. The van der Waals surface area contributed by atoms with Gasteiger partial charge in [0.2, 0.25) is 0 Å². The zero-order valence-electron chi connectivity index (χ0n) is 24.7. The van der Waals surface area contributed by atoms with Gasteiger partial charge in [0.25, 0.3) is 0 Å². The standard InChI is InChI=1S/C35H64F2/c36-28-10-6-4-2-1-3-5-8-12-30-14-16-32(17-15-30)18-19-33-22-26-35(27-23-33)34-24-20-31(21-25-34)13-9-7-11-29-37/h30-35H,1-29H2. The van der Waals surface area contributed by atoms with E-state index < -0.39 is 0 Å². The lowest BCUT2D eigenvalue weighted by atomic mass is 9.68. The van der Waals surface area contributed by atoms with Crippen LogP contribution in [0.3, 0.4) is 0 Å². The molecule has 2 heteroatoms. The van der Waals surface area contributed by atoms with Gasteiger partial charge in [-0.1, -0.05) is 135 Å². The van der Waals surface area contributed by atoms with Crippen molar-refractivity contribution in [3.05, 3.63) is 0 Å². The molecular weight excluding hydrogens is 458 g/mol. The molecule has 3 aliphatic carbocycles. The van der Waals surface area contributed by atoms with Crippen LogP contribution in [0.2, 0.25) is 0 Å². The van der Waals surface area contributed by atoms with Gasteiger partial charge in [0.05, 0.1) is 13.3 Å². The van der Waals surface area contributed by atoms with Gasteiger partial charge >= 0.3 is 0 Å². The summed E-state index contributed by atoms with van der Waals surface area (Å²) in [5.41, 5.74) is 0. The van der Waals surface area contributed by atoms with Crippen LogP contribution in [0.1, 0.15) is 173 Å². The van der Waals surface area contributed by atoms with Gasteiger partial charge in [-0.2, -0.15) is 0 Å². The lowest BCUT2D eigenvalue weighted by Crippen LogP contribution is -2.26. The van der Waals surface area contributed by atoms with Crippen molar-refractivity contribution in [3.8, 4) is 0 Å². The molecule has 0 aliphatic heterocycles. The molecule has 0 N–H and O–H groups in total. The largest absolute Gasteiger partial charge is 0.251 e. The first kappa shape index (κ1) is 31.4. The minimum atomic E-state index is -0.128. The Morgan fingerprint density at radius 2 is 0.568 bits per heavy atom. The highest BCUT2D eigenvalue weighted by atomic mass is 19.1. The van der Waals surface area contributed by atoms with Crippen LogP contribution in [0.15, 0.2) is 0 Å². The normalized spacial score (nSPS) is 31.0. The molecule has 0 atom stereocenters. The van der Waals surface area contributed by atoms with Crippen LogP contribution >= 0.6 is 0 Å². The zero-order valence-corrected chi connectivity index (χ0v) is 24.7. The van der Waals surface area contributed by atoms with E-state index in [0.29, 0.717) is 0 Å². The third kappa shape index (κ3) is 13.2. The molecule has 3 saturated carbocycles. The van der Waals surface area contributed by atoms with Gasteiger partial charge < -0.3 is 0 Å². The fraction of sp³-hybridized carbons (Fsp3) is 1.00. The molecule has 0 amide bonds. The van der Waals surface area contributed by atoms with Crippen LogP contribution in [-0.2, 0) is 0 Å². The number of hydrogen-bond donors (Lipinski definition) is 0. The highest BCUT2D eigenvalue weighted by Gasteiger charge is 2.31. The van der Waals surface area contributed by atoms with Crippen molar-refractivity contribution >= 4 is 0 Å². The zero-order chi connectivity index (χ0) is 26.0. The fourth-order valence-corrected chi connectivity index (χ4v) is 8.47. The van der Waals surface area contributed by atoms with Crippen LogP contribution in [0.4, 0.5) is 8.78 Å². The van der Waals surface area contributed by atoms with Crippen molar-refractivity contribution in [2.75, 3.05) is 13.3 Å². The average molecular weight is 523 g/mol. The van der Waals surface area contributed by atoms with Crippen molar-refractivity contribution in [2.45, 2.75) is 173 Å². The Morgan fingerprint density at radius 3 is 0.946 bits per heavy atom. The van der Waals surface area contributed by atoms with Gasteiger partial charge in [0.15, 0.2) is 0 Å². The Balaban J connectivity index is 1.14. The number of unbranched alkanes of at least 4 members (excludes halogenated alkanes) is 9. The summed E-state index contributed by atoms with van der Waals surface area (Å²) in [5.74, 6) is 6.14.